The van der Waals surface area contributed by atoms with Crippen molar-refractivity contribution in [2.75, 3.05) is 0 Å². The molecule has 0 aliphatic rings. The van der Waals surface area contributed by atoms with E-state index in [4.69, 9.17) is 9.52 Å². The van der Waals surface area contributed by atoms with E-state index in [1.807, 2.05) is 25.1 Å². The lowest BCUT2D eigenvalue weighted by molar-refractivity contribution is 0.0680. The molecule has 0 spiro atoms. The average Bonchev–Trinajstić information content (AvgIpc) is 3.08. The third-order valence-corrected chi connectivity index (χ3v) is 4.96. The minimum Gasteiger partial charge on any atom is -0.476 e. The number of benzene rings is 1. The average molecular weight is 349 g/mol. The van der Waals surface area contributed by atoms with Crippen LogP contribution in [0.5, 0.6) is 0 Å². The summed E-state index contributed by atoms with van der Waals surface area (Å²) in [5, 5.41) is 13.7. The number of hydrogen-bond donors (Lipinski definition) is 2. The van der Waals surface area contributed by atoms with E-state index in [9.17, 15) is 13.2 Å². The van der Waals surface area contributed by atoms with E-state index in [1.54, 1.807) is 6.07 Å². The molecule has 24 heavy (non-hydrogen) atoms. The van der Waals surface area contributed by atoms with Crippen LogP contribution in [0.15, 0.2) is 39.8 Å². The van der Waals surface area contributed by atoms with Crippen molar-refractivity contribution in [2.24, 2.45) is 7.05 Å². The summed E-state index contributed by atoms with van der Waals surface area (Å²) in [6.45, 7) is 1.86. The van der Waals surface area contributed by atoms with Gasteiger partial charge in [-0.3, -0.25) is 4.68 Å². The first kappa shape index (κ1) is 16.2. The summed E-state index contributed by atoms with van der Waals surface area (Å²) in [6, 6.07) is 7.38. The number of aromatic carboxylic acids is 1. The van der Waals surface area contributed by atoms with Crippen molar-refractivity contribution in [3.63, 3.8) is 0 Å². The Bertz CT molecular complexity index is 1030. The number of sulfonamides is 1. The van der Waals surface area contributed by atoms with Crippen LogP contribution in [0.2, 0.25) is 0 Å². The van der Waals surface area contributed by atoms with Gasteiger partial charge >= 0.3 is 5.97 Å². The predicted molar refractivity (Wildman–Crippen MR) is 85.1 cm³/mol. The molecular formula is C15H15N3O5S. The third kappa shape index (κ3) is 2.91. The molecule has 0 atom stereocenters. The molecule has 0 amide bonds. The standard InChI is InChI=1S/C15H15N3O5S/c1-9-3-4-12-10(5-9)6-11(23-12)7-17-24(21,22)13-8-16-18(2)14(13)15(19)20/h3-6,8,17H,7H2,1-2H3,(H,19,20). The Balaban J connectivity index is 1.86. The van der Waals surface area contributed by atoms with Crippen LogP contribution < -0.4 is 4.72 Å². The zero-order chi connectivity index (χ0) is 17.5. The monoisotopic (exact) mass is 349 g/mol. The van der Waals surface area contributed by atoms with E-state index < -0.39 is 21.7 Å². The number of furan rings is 1. The summed E-state index contributed by atoms with van der Waals surface area (Å²) < 4.78 is 33.6. The molecule has 3 rings (SSSR count). The van der Waals surface area contributed by atoms with Gasteiger partial charge in [0.25, 0.3) is 0 Å². The zero-order valence-electron chi connectivity index (χ0n) is 13.0. The second-order valence-corrected chi connectivity index (χ2v) is 7.10. The van der Waals surface area contributed by atoms with E-state index >= 15 is 0 Å². The van der Waals surface area contributed by atoms with Crippen LogP contribution in [-0.2, 0) is 23.6 Å². The van der Waals surface area contributed by atoms with Crippen LogP contribution >= 0.6 is 0 Å². The number of carboxylic acids is 1. The molecule has 2 aromatic heterocycles. The molecule has 0 fully saturated rings. The number of aromatic nitrogens is 2. The SMILES string of the molecule is Cc1ccc2oc(CNS(=O)(=O)c3cnn(C)c3C(=O)O)cc2c1. The van der Waals surface area contributed by atoms with Gasteiger partial charge in [-0.05, 0) is 25.1 Å². The largest absolute Gasteiger partial charge is 0.476 e. The van der Waals surface area contributed by atoms with E-state index in [0.717, 1.165) is 21.8 Å². The maximum absolute atomic E-state index is 12.3. The molecule has 3 aromatic rings. The molecule has 2 N–H and O–H groups in total. The molecule has 0 aliphatic carbocycles. The number of nitrogens with one attached hydrogen (secondary N) is 1. The lowest BCUT2D eigenvalue weighted by Gasteiger charge is -2.04. The second kappa shape index (κ2) is 5.77. The normalized spacial score (nSPS) is 11.9. The molecule has 126 valence electrons. The van der Waals surface area contributed by atoms with Crippen LogP contribution in [-0.4, -0.2) is 29.3 Å². The fourth-order valence-electron chi connectivity index (χ4n) is 2.41. The molecule has 8 nitrogen and oxygen atoms in total. The van der Waals surface area contributed by atoms with Gasteiger partial charge in [0.2, 0.25) is 10.0 Å². The van der Waals surface area contributed by atoms with Gasteiger partial charge in [0.05, 0.1) is 12.7 Å². The van der Waals surface area contributed by atoms with Crippen LogP contribution in [0.3, 0.4) is 0 Å². The Hall–Kier alpha value is -2.65. The number of hydrogen-bond acceptors (Lipinski definition) is 5. The summed E-state index contributed by atoms with van der Waals surface area (Å²) >= 11 is 0. The van der Waals surface area contributed by atoms with Crippen LogP contribution in [0.4, 0.5) is 0 Å². The molecule has 1 aromatic carbocycles. The minimum atomic E-state index is -4.03. The summed E-state index contributed by atoms with van der Waals surface area (Å²) in [6.07, 6.45) is 1.01. The molecule has 0 saturated carbocycles. The van der Waals surface area contributed by atoms with Gasteiger partial charge in [0, 0.05) is 12.4 Å². The second-order valence-electron chi connectivity index (χ2n) is 5.36. The Morgan fingerprint density at radius 1 is 1.38 bits per heavy atom. The molecule has 0 aliphatic heterocycles. The molecule has 0 radical (unpaired) electrons. The van der Waals surface area contributed by atoms with Crippen LogP contribution in [0.1, 0.15) is 21.8 Å². The van der Waals surface area contributed by atoms with Crippen molar-refractivity contribution >= 4 is 27.0 Å². The summed E-state index contributed by atoms with van der Waals surface area (Å²) in [5.41, 5.74) is 1.32. The van der Waals surface area contributed by atoms with E-state index in [-0.39, 0.29) is 11.4 Å². The Kier molecular flexibility index (Phi) is 3.90. The van der Waals surface area contributed by atoms with Gasteiger partial charge in [-0.15, -0.1) is 0 Å². The third-order valence-electron chi connectivity index (χ3n) is 3.56. The van der Waals surface area contributed by atoms with Crippen molar-refractivity contribution < 1.29 is 22.7 Å². The Morgan fingerprint density at radius 3 is 2.83 bits per heavy atom. The summed E-state index contributed by atoms with van der Waals surface area (Å²) in [7, 11) is -2.67. The maximum Gasteiger partial charge on any atom is 0.355 e. The van der Waals surface area contributed by atoms with Gasteiger partial charge < -0.3 is 9.52 Å². The van der Waals surface area contributed by atoms with Gasteiger partial charge in [-0.25, -0.2) is 17.9 Å². The highest BCUT2D eigenvalue weighted by Crippen LogP contribution is 2.21. The molecule has 9 heteroatoms. The number of nitrogens with zero attached hydrogens (tertiary/aromatic N) is 2. The highest BCUT2D eigenvalue weighted by atomic mass is 32.2. The van der Waals surface area contributed by atoms with Crippen LogP contribution in [0, 0.1) is 6.92 Å². The van der Waals surface area contributed by atoms with E-state index in [0.29, 0.717) is 11.3 Å². The number of rotatable bonds is 5. The van der Waals surface area contributed by atoms with Gasteiger partial charge in [0.1, 0.15) is 16.2 Å². The van der Waals surface area contributed by atoms with Crippen molar-refractivity contribution in [1.29, 1.82) is 0 Å². The van der Waals surface area contributed by atoms with Crippen molar-refractivity contribution in [3.8, 4) is 0 Å². The first-order valence-corrected chi connectivity index (χ1v) is 8.50. The fourth-order valence-corrected chi connectivity index (χ4v) is 3.55. The number of carboxylic acid groups (broad SMARTS) is 1. The lowest BCUT2D eigenvalue weighted by atomic mass is 10.2. The van der Waals surface area contributed by atoms with Crippen molar-refractivity contribution in [3.05, 3.63) is 47.5 Å². The lowest BCUT2D eigenvalue weighted by Crippen LogP contribution is -2.25. The number of aryl methyl sites for hydroxylation is 2. The molecule has 0 bridgehead atoms. The first-order valence-electron chi connectivity index (χ1n) is 7.02. The van der Waals surface area contributed by atoms with Crippen molar-refractivity contribution in [2.45, 2.75) is 18.4 Å². The summed E-state index contributed by atoms with van der Waals surface area (Å²) in [4.78, 5) is 10.8. The zero-order valence-corrected chi connectivity index (χ0v) is 13.8. The highest BCUT2D eigenvalue weighted by Gasteiger charge is 2.26. The predicted octanol–water partition coefficient (Wildman–Crippen LogP) is 1.65. The molecule has 2 heterocycles. The number of fused-ring (bicyclic) bond motifs is 1. The minimum absolute atomic E-state index is 0.0932. The number of carbonyl (C=O) groups is 1. The highest BCUT2D eigenvalue weighted by molar-refractivity contribution is 7.89. The van der Waals surface area contributed by atoms with Crippen LogP contribution in [0.25, 0.3) is 11.0 Å². The Morgan fingerprint density at radius 2 is 2.12 bits per heavy atom. The van der Waals surface area contributed by atoms with Gasteiger partial charge in [-0.2, -0.15) is 5.10 Å². The first-order chi connectivity index (χ1) is 11.3. The maximum atomic E-state index is 12.3. The fraction of sp³-hybridized carbons (Fsp3) is 0.200. The summed E-state index contributed by atoms with van der Waals surface area (Å²) in [5.74, 6) is -0.936. The van der Waals surface area contributed by atoms with Gasteiger partial charge in [-0.1, -0.05) is 11.6 Å². The molecular weight excluding hydrogens is 334 g/mol. The molecule has 0 unspecified atom stereocenters. The van der Waals surface area contributed by atoms with Gasteiger partial charge in [0.15, 0.2) is 5.69 Å². The van der Waals surface area contributed by atoms with E-state index in [1.165, 1.54) is 7.05 Å². The van der Waals surface area contributed by atoms with E-state index in [2.05, 4.69) is 9.82 Å². The topological polar surface area (TPSA) is 114 Å². The van der Waals surface area contributed by atoms with Crippen molar-refractivity contribution in [1.82, 2.24) is 14.5 Å². The Labute approximate surface area is 137 Å². The smallest absolute Gasteiger partial charge is 0.355 e. The quantitative estimate of drug-likeness (QED) is 0.724. The molecule has 0 saturated heterocycles.